The number of hydrogen-bond donors (Lipinski definition) is 1. The maximum absolute atomic E-state index is 13.1. The monoisotopic (exact) mass is 803 g/mol. The summed E-state index contributed by atoms with van der Waals surface area (Å²) in [6, 6.07) is 11.1. The SMILES string of the molecule is C#CCOCCOCCOCCOCCOCCOCCOCCOCCOCCOCCOCCOC(=O)c1ccccc1Nc1cccc(C(F)(F)F)c1. The number of para-hydroxylation sites is 1. The van der Waals surface area contributed by atoms with Gasteiger partial charge in [0.25, 0.3) is 0 Å². The number of ether oxygens (including phenoxy) is 12. The second kappa shape index (κ2) is 33.7. The Kier molecular flexibility index (Phi) is 29.4. The Morgan fingerprint density at radius 1 is 0.518 bits per heavy atom. The fourth-order valence-corrected chi connectivity index (χ4v) is 4.30. The van der Waals surface area contributed by atoms with E-state index < -0.39 is 17.7 Å². The van der Waals surface area contributed by atoms with Gasteiger partial charge in [-0.15, -0.1) is 6.42 Å². The molecule has 0 heterocycles. The third-order valence-corrected chi connectivity index (χ3v) is 6.98. The number of carbonyl (C=O) groups excluding carboxylic acids is 1. The molecular formula is C39H56F3NO13. The first-order valence-corrected chi connectivity index (χ1v) is 18.4. The van der Waals surface area contributed by atoms with E-state index in [1.54, 1.807) is 18.2 Å². The number of benzene rings is 2. The summed E-state index contributed by atoms with van der Waals surface area (Å²) in [5, 5.41) is 2.86. The van der Waals surface area contributed by atoms with E-state index in [2.05, 4.69) is 11.2 Å². The highest BCUT2D eigenvalue weighted by Crippen LogP contribution is 2.32. The van der Waals surface area contributed by atoms with Crippen LogP contribution in [0.25, 0.3) is 0 Å². The summed E-state index contributed by atoms with van der Waals surface area (Å²) < 4.78 is 104. The van der Waals surface area contributed by atoms with Crippen LogP contribution in [0.5, 0.6) is 0 Å². The molecule has 0 aliphatic rings. The lowest BCUT2D eigenvalue weighted by Crippen LogP contribution is -2.16. The molecule has 0 fully saturated rings. The Morgan fingerprint density at radius 2 is 0.893 bits per heavy atom. The van der Waals surface area contributed by atoms with Gasteiger partial charge >= 0.3 is 12.1 Å². The number of nitrogens with one attached hydrogen (secondary N) is 1. The number of rotatable bonds is 37. The van der Waals surface area contributed by atoms with E-state index in [9.17, 15) is 18.0 Å². The van der Waals surface area contributed by atoms with E-state index in [1.165, 1.54) is 18.2 Å². The molecule has 14 nitrogen and oxygen atoms in total. The summed E-state index contributed by atoms with van der Waals surface area (Å²) in [5.74, 6) is 1.76. The Balaban J connectivity index is 1.27. The minimum Gasteiger partial charge on any atom is -0.460 e. The molecule has 0 amide bonds. The third kappa shape index (κ3) is 26.5. The molecule has 0 spiro atoms. The lowest BCUT2D eigenvalue weighted by molar-refractivity contribution is -0.137. The van der Waals surface area contributed by atoms with Crippen LogP contribution in [-0.4, -0.2) is 158 Å². The van der Waals surface area contributed by atoms with Gasteiger partial charge in [0.15, 0.2) is 0 Å². The van der Waals surface area contributed by atoms with Crippen molar-refractivity contribution in [2.24, 2.45) is 0 Å². The van der Waals surface area contributed by atoms with Gasteiger partial charge < -0.3 is 62.2 Å². The second-order valence-electron chi connectivity index (χ2n) is 11.3. The van der Waals surface area contributed by atoms with E-state index >= 15 is 0 Å². The van der Waals surface area contributed by atoms with Crippen LogP contribution < -0.4 is 5.32 Å². The number of carbonyl (C=O) groups is 1. The molecule has 2 rings (SSSR count). The average Bonchev–Trinajstić information content (AvgIpc) is 3.19. The lowest BCUT2D eigenvalue weighted by atomic mass is 10.1. The molecule has 0 radical (unpaired) electrons. The maximum Gasteiger partial charge on any atom is 0.416 e. The van der Waals surface area contributed by atoms with Gasteiger partial charge in [0.1, 0.15) is 13.2 Å². The third-order valence-electron chi connectivity index (χ3n) is 6.98. The van der Waals surface area contributed by atoms with E-state index in [-0.39, 0.29) is 24.5 Å². The Hall–Kier alpha value is -3.38. The minimum absolute atomic E-state index is 0.00500. The van der Waals surface area contributed by atoms with Crippen LogP contribution in [0.15, 0.2) is 48.5 Å². The summed E-state index contributed by atoms with van der Waals surface area (Å²) in [5.41, 5.74) is -0.0998. The van der Waals surface area contributed by atoms with E-state index in [1.807, 2.05) is 0 Å². The van der Waals surface area contributed by atoms with Crippen LogP contribution in [0.1, 0.15) is 15.9 Å². The van der Waals surface area contributed by atoms with Gasteiger partial charge in [-0.2, -0.15) is 13.2 Å². The highest BCUT2D eigenvalue weighted by molar-refractivity contribution is 5.96. The van der Waals surface area contributed by atoms with Crippen molar-refractivity contribution in [3.63, 3.8) is 0 Å². The fraction of sp³-hybridized carbons (Fsp3) is 0.615. The zero-order valence-corrected chi connectivity index (χ0v) is 31.9. The predicted molar refractivity (Wildman–Crippen MR) is 199 cm³/mol. The zero-order valence-electron chi connectivity index (χ0n) is 31.9. The Labute approximate surface area is 327 Å². The average molecular weight is 804 g/mol. The molecule has 1 N–H and O–H groups in total. The van der Waals surface area contributed by atoms with Crippen molar-refractivity contribution in [3.8, 4) is 12.3 Å². The molecule has 17 heteroatoms. The normalized spacial score (nSPS) is 11.5. The predicted octanol–water partition coefficient (Wildman–Crippen LogP) is 4.42. The maximum atomic E-state index is 13.1. The molecule has 0 atom stereocenters. The highest BCUT2D eigenvalue weighted by Gasteiger charge is 2.30. The molecule has 0 aliphatic heterocycles. The minimum atomic E-state index is -4.48. The fourth-order valence-electron chi connectivity index (χ4n) is 4.30. The molecule has 56 heavy (non-hydrogen) atoms. The first kappa shape index (κ1) is 48.8. The van der Waals surface area contributed by atoms with Crippen LogP contribution in [0.2, 0.25) is 0 Å². The first-order chi connectivity index (χ1) is 27.4. The number of hydrogen-bond acceptors (Lipinski definition) is 14. The molecule has 316 valence electrons. The topological polar surface area (TPSA) is 140 Å². The standard InChI is InChI=1S/C39H56F3NO13/c1-2-10-45-11-12-46-13-14-47-15-16-48-17-18-49-19-20-50-21-22-51-23-24-52-25-26-53-27-28-54-29-30-55-31-32-56-38(44)36-8-3-4-9-37(36)43-35-7-5-6-34(33-35)39(40,41)42/h1,3-9,33,43H,10-32H2. The smallest absolute Gasteiger partial charge is 0.416 e. The van der Waals surface area contributed by atoms with Crippen molar-refractivity contribution >= 4 is 17.3 Å². The van der Waals surface area contributed by atoms with Crippen molar-refractivity contribution in [3.05, 3.63) is 59.7 Å². The van der Waals surface area contributed by atoms with E-state index in [0.29, 0.717) is 144 Å². The lowest BCUT2D eigenvalue weighted by Gasteiger charge is -2.13. The van der Waals surface area contributed by atoms with Crippen molar-refractivity contribution in [1.29, 1.82) is 0 Å². The summed E-state index contributed by atoms with van der Waals surface area (Å²) >= 11 is 0. The van der Waals surface area contributed by atoms with Gasteiger partial charge in [0, 0.05) is 5.69 Å². The number of alkyl halides is 3. The van der Waals surface area contributed by atoms with Gasteiger partial charge in [-0.25, -0.2) is 4.79 Å². The summed E-state index contributed by atoms with van der Waals surface area (Å²) in [6.07, 6.45) is 0.600. The van der Waals surface area contributed by atoms with Gasteiger partial charge in [0.05, 0.1) is 156 Å². The highest BCUT2D eigenvalue weighted by atomic mass is 19.4. The summed E-state index contributed by atoms with van der Waals surface area (Å²) in [4.78, 5) is 12.6. The van der Waals surface area contributed by atoms with Gasteiger partial charge in [-0.05, 0) is 30.3 Å². The molecule has 0 saturated heterocycles. The van der Waals surface area contributed by atoms with Crippen molar-refractivity contribution in [1.82, 2.24) is 0 Å². The van der Waals surface area contributed by atoms with Crippen molar-refractivity contribution < 1.29 is 74.8 Å². The van der Waals surface area contributed by atoms with E-state index in [0.717, 1.165) is 12.1 Å². The zero-order chi connectivity index (χ0) is 40.2. The van der Waals surface area contributed by atoms with Crippen molar-refractivity contribution in [2.45, 2.75) is 6.18 Å². The van der Waals surface area contributed by atoms with Gasteiger partial charge in [0.2, 0.25) is 0 Å². The molecule has 0 aliphatic carbocycles. The van der Waals surface area contributed by atoms with Crippen LogP contribution >= 0.6 is 0 Å². The summed E-state index contributed by atoms with van der Waals surface area (Å²) in [6.45, 7) is 9.35. The number of terminal acetylenes is 1. The Bertz CT molecular complexity index is 1300. The molecule has 0 aromatic heterocycles. The van der Waals surface area contributed by atoms with E-state index in [4.69, 9.17) is 63.3 Å². The largest absolute Gasteiger partial charge is 0.460 e. The summed E-state index contributed by atoms with van der Waals surface area (Å²) in [7, 11) is 0. The Morgan fingerprint density at radius 3 is 1.29 bits per heavy atom. The van der Waals surface area contributed by atoms with Crippen LogP contribution in [0, 0.1) is 12.3 Å². The second-order valence-corrected chi connectivity index (χ2v) is 11.3. The molecule has 2 aromatic carbocycles. The molecule has 2 aromatic rings. The molecule has 0 bridgehead atoms. The van der Waals surface area contributed by atoms with Crippen LogP contribution in [0.4, 0.5) is 24.5 Å². The van der Waals surface area contributed by atoms with Gasteiger partial charge in [-0.3, -0.25) is 0 Å². The van der Waals surface area contributed by atoms with Crippen molar-refractivity contribution in [2.75, 3.05) is 157 Å². The number of anilines is 2. The number of halogens is 3. The molecular weight excluding hydrogens is 747 g/mol. The first-order valence-electron chi connectivity index (χ1n) is 18.4. The number of esters is 1. The van der Waals surface area contributed by atoms with Gasteiger partial charge in [-0.1, -0.05) is 24.1 Å². The quantitative estimate of drug-likeness (QED) is 0.0586. The van der Waals surface area contributed by atoms with Crippen LogP contribution in [0.3, 0.4) is 0 Å². The van der Waals surface area contributed by atoms with Crippen LogP contribution in [-0.2, 0) is 63.0 Å². The molecule has 0 unspecified atom stereocenters. The molecule has 0 saturated carbocycles.